The Balaban J connectivity index is 1.57. The molecule has 1 unspecified atom stereocenters. The molecule has 3 aromatic carbocycles. The first kappa shape index (κ1) is 22.0. The highest BCUT2D eigenvalue weighted by Crippen LogP contribution is 2.40. The number of rotatable bonds is 5. The van der Waals surface area contributed by atoms with Gasteiger partial charge in [-0.2, -0.15) is 0 Å². The molecule has 0 spiro atoms. The van der Waals surface area contributed by atoms with Gasteiger partial charge in [-0.3, -0.25) is 9.59 Å². The van der Waals surface area contributed by atoms with E-state index in [1.165, 1.54) is 0 Å². The van der Waals surface area contributed by atoms with Crippen LogP contribution in [0.5, 0.6) is 0 Å². The number of carbonyl (C=O) groups excluding carboxylic acids is 2. The van der Waals surface area contributed by atoms with Gasteiger partial charge in [0.2, 0.25) is 0 Å². The summed E-state index contributed by atoms with van der Waals surface area (Å²) in [4.78, 5) is 31.2. The molecule has 4 aromatic rings. The van der Waals surface area contributed by atoms with Crippen molar-refractivity contribution in [3.8, 4) is 0 Å². The van der Waals surface area contributed by atoms with Crippen LogP contribution in [-0.4, -0.2) is 33.2 Å². The van der Waals surface area contributed by atoms with E-state index >= 15 is 0 Å². The van der Waals surface area contributed by atoms with Crippen molar-refractivity contribution in [3.63, 3.8) is 0 Å². The second-order valence-corrected chi connectivity index (χ2v) is 8.96. The number of nitrogens with zero attached hydrogens (tertiary/aromatic N) is 1. The van der Waals surface area contributed by atoms with Crippen molar-refractivity contribution >= 4 is 40.0 Å². The first-order chi connectivity index (χ1) is 16.4. The minimum atomic E-state index is -0.693. The average Bonchev–Trinajstić information content (AvgIpc) is 3.36. The molecule has 170 valence electrons. The van der Waals surface area contributed by atoms with Gasteiger partial charge >= 0.3 is 0 Å². The molecule has 5 rings (SSSR count). The number of likely N-dealkylation sites (tertiary alicyclic amines) is 1. The number of benzene rings is 3. The topological polar surface area (TPSA) is 73.4 Å². The number of para-hydroxylation sites is 1. The molecule has 0 saturated carbocycles. The molecule has 2 heterocycles. The molecule has 6 heteroatoms. The number of Topliss-reactive ketones (excluding diaryl/α,β-unsaturated/α-hetero) is 1. The summed E-state index contributed by atoms with van der Waals surface area (Å²) >= 11 is 6.12. The number of ketones is 1. The van der Waals surface area contributed by atoms with Crippen LogP contribution in [0.2, 0.25) is 5.02 Å². The fourth-order valence-electron chi connectivity index (χ4n) is 4.58. The number of aliphatic hydroxyl groups excluding tert-OH is 1. The summed E-state index contributed by atoms with van der Waals surface area (Å²) in [6, 6.07) is 21.6. The maximum Gasteiger partial charge on any atom is 0.295 e. The van der Waals surface area contributed by atoms with Crippen molar-refractivity contribution in [2.45, 2.75) is 19.4 Å². The number of aliphatic hydroxyl groups is 1. The standard InChI is InChI=1S/C28H23ClN2O3/c1-17-9-11-18(12-10-17)25-24(26(32)19-5-4-6-21(29)15-19)27(33)28(34)31(25)14-13-20-16-30-23-8-3-2-7-22(20)23/h2-12,15-16,25,30,32H,13-14H2,1H3. The number of aryl methyl sites for hydroxylation is 1. The van der Waals surface area contributed by atoms with Crippen molar-refractivity contribution in [1.29, 1.82) is 0 Å². The first-order valence-electron chi connectivity index (χ1n) is 11.1. The van der Waals surface area contributed by atoms with E-state index < -0.39 is 17.7 Å². The lowest BCUT2D eigenvalue weighted by molar-refractivity contribution is -0.139. The van der Waals surface area contributed by atoms with Crippen molar-refractivity contribution in [3.05, 3.63) is 112 Å². The number of aromatic amines is 1. The van der Waals surface area contributed by atoms with Crippen molar-refractivity contribution in [2.75, 3.05) is 6.54 Å². The summed E-state index contributed by atoms with van der Waals surface area (Å²) in [6.45, 7) is 2.31. The van der Waals surface area contributed by atoms with E-state index in [1.807, 2.05) is 61.7 Å². The molecule has 0 bridgehead atoms. The minimum absolute atomic E-state index is 0.0787. The smallest absolute Gasteiger partial charge is 0.295 e. The summed E-state index contributed by atoms with van der Waals surface area (Å²) < 4.78 is 0. The molecule has 1 amide bonds. The highest BCUT2D eigenvalue weighted by molar-refractivity contribution is 6.46. The SMILES string of the molecule is Cc1ccc(C2C(=C(O)c3cccc(Cl)c3)C(=O)C(=O)N2CCc2c[nH]c3ccccc23)cc1. The predicted octanol–water partition coefficient (Wildman–Crippen LogP) is 5.79. The van der Waals surface area contributed by atoms with Crippen LogP contribution in [0.25, 0.3) is 16.7 Å². The summed E-state index contributed by atoms with van der Waals surface area (Å²) in [5.74, 6) is -1.53. The number of amides is 1. The average molecular weight is 471 g/mol. The highest BCUT2D eigenvalue weighted by atomic mass is 35.5. The van der Waals surface area contributed by atoms with Gasteiger partial charge in [-0.05, 0) is 42.7 Å². The van der Waals surface area contributed by atoms with Gasteiger partial charge in [0.05, 0.1) is 11.6 Å². The Morgan fingerprint density at radius 2 is 1.79 bits per heavy atom. The second kappa shape index (κ2) is 8.84. The van der Waals surface area contributed by atoms with E-state index in [-0.39, 0.29) is 11.3 Å². The Hall–Kier alpha value is -3.83. The van der Waals surface area contributed by atoms with Gasteiger partial charge in [-0.25, -0.2) is 0 Å². The number of hydrogen-bond donors (Lipinski definition) is 2. The van der Waals surface area contributed by atoms with Crippen LogP contribution in [0.15, 0.2) is 84.6 Å². The molecule has 0 aliphatic carbocycles. The minimum Gasteiger partial charge on any atom is -0.507 e. The van der Waals surface area contributed by atoms with Crippen LogP contribution in [-0.2, 0) is 16.0 Å². The van der Waals surface area contributed by atoms with Gasteiger partial charge in [0, 0.05) is 34.2 Å². The van der Waals surface area contributed by atoms with Crippen LogP contribution >= 0.6 is 11.6 Å². The third-order valence-electron chi connectivity index (χ3n) is 6.33. The normalized spacial score (nSPS) is 17.6. The van der Waals surface area contributed by atoms with E-state index in [4.69, 9.17) is 11.6 Å². The number of halogens is 1. The molecule has 1 aliphatic heterocycles. The number of H-pyrrole nitrogens is 1. The Morgan fingerprint density at radius 1 is 1.03 bits per heavy atom. The quantitative estimate of drug-likeness (QED) is 0.220. The summed E-state index contributed by atoms with van der Waals surface area (Å²) in [6.07, 6.45) is 2.50. The van der Waals surface area contributed by atoms with Gasteiger partial charge in [0.15, 0.2) is 0 Å². The number of hydrogen-bond acceptors (Lipinski definition) is 3. The Bertz CT molecular complexity index is 1440. The highest BCUT2D eigenvalue weighted by Gasteiger charge is 2.45. The fourth-order valence-corrected chi connectivity index (χ4v) is 4.77. The number of carbonyl (C=O) groups is 2. The van der Waals surface area contributed by atoms with Crippen LogP contribution in [0.3, 0.4) is 0 Å². The largest absolute Gasteiger partial charge is 0.507 e. The lowest BCUT2D eigenvalue weighted by atomic mass is 9.94. The van der Waals surface area contributed by atoms with Crippen molar-refractivity contribution < 1.29 is 14.7 Å². The molecule has 1 saturated heterocycles. The van der Waals surface area contributed by atoms with Gasteiger partial charge in [-0.15, -0.1) is 0 Å². The van der Waals surface area contributed by atoms with E-state index in [0.717, 1.165) is 27.6 Å². The third-order valence-corrected chi connectivity index (χ3v) is 6.56. The number of fused-ring (bicyclic) bond motifs is 1. The molecular formula is C28H23ClN2O3. The Labute approximate surface area is 202 Å². The van der Waals surface area contributed by atoms with Crippen LogP contribution in [0.1, 0.15) is 28.3 Å². The van der Waals surface area contributed by atoms with Gasteiger partial charge in [-0.1, -0.05) is 71.8 Å². The Morgan fingerprint density at radius 3 is 2.56 bits per heavy atom. The van der Waals surface area contributed by atoms with E-state index in [0.29, 0.717) is 23.6 Å². The van der Waals surface area contributed by atoms with E-state index in [9.17, 15) is 14.7 Å². The van der Waals surface area contributed by atoms with Crippen LogP contribution in [0.4, 0.5) is 0 Å². The molecule has 1 aromatic heterocycles. The zero-order valence-corrected chi connectivity index (χ0v) is 19.3. The van der Waals surface area contributed by atoms with Crippen molar-refractivity contribution in [1.82, 2.24) is 9.88 Å². The van der Waals surface area contributed by atoms with Gasteiger partial charge in [0.25, 0.3) is 11.7 Å². The third kappa shape index (κ3) is 3.88. The predicted molar refractivity (Wildman–Crippen MR) is 134 cm³/mol. The van der Waals surface area contributed by atoms with E-state index in [1.54, 1.807) is 29.2 Å². The van der Waals surface area contributed by atoms with Gasteiger partial charge in [0.1, 0.15) is 5.76 Å². The van der Waals surface area contributed by atoms with Gasteiger partial charge < -0.3 is 15.0 Å². The fraction of sp³-hybridized carbons (Fsp3) is 0.143. The van der Waals surface area contributed by atoms with Crippen molar-refractivity contribution in [2.24, 2.45) is 0 Å². The molecule has 1 aliphatic rings. The lowest BCUT2D eigenvalue weighted by Gasteiger charge is -2.25. The summed E-state index contributed by atoms with van der Waals surface area (Å²) in [7, 11) is 0. The lowest BCUT2D eigenvalue weighted by Crippen LogP contribution is -2.31. The molecule has 1 atom stereocenters. The molecule has 1 fully saturated rings. The first-order valence-corrected chi connectivity index (χ1v) is 11.5. The molecule has 5 nitrogen and oxygen atoms in total. The second-order valence-electron chi connectivity index (χ2n) is 8.52. The Kier molecular flexibility index (Phi) is 5.72. The summed E-state index contributed by atoms with van der Waals surface area (Å²) in [5.41, 5.74) is 4.40. The van der Waals surface area contributed by atoms with Crippen LogP contribution in [0, 0.1) is 6.92 Å². The zero-order chi connectivity index (χ0) is 23.8. The maximum atomic E-state index is 13.2. The molecular weight excluding hydrogens is 448 g/mol. The monoisotopic (exact) mass is 470 g/mol. The molecule has 0 radical (unpaired) electrons. The van der Waals surface area contributed by atoms with E-state index in [2.05, 4.69) is 4.98 Å². The maximum absolute atomic E-state index is 13.2. The van der Waals surface area contributed by atoms with Crippen LogP contribution < -0.4 is 0 Å². The molecule has 2 N–H and O–H groups in total. The number of aromatic nitrogens is 1. The molecule has 34 heavy (non-hydrogen) atoms. The number of nitrogens with one attached hydrogen (secondary N) is 1. The zero-order valence-electron chi connectivity index (χ0n) is 18.6. The summed E-state index contributed by atoms with van der Waals surface area (Å²) in [5, 5.41) is 12.7.